The molecular weight excluding hydrogens is 296 g/mol. The fourth-order valence-electron chi connectivity index (χ4n) is 2.40. The molecule has 1 atom stereocenters. The first-order valence-electron chi connectivity index (χ1n) is 7.32. The maximum absolute atomic E-state index is 12.1. The predicted molar refractivity (Wildman–Crippen MR) is 85.0 cm³/mol. The Kier molecular flexibility index (Phi) is 5.16. The first kappa shape index (κ1) is 16.7. The number of ether oxygens (including phenoxy) is 1. The molecule has 1 aromatic rings. The molecule has 0 aromatic heterocycles. The fraction of sp³-hybridized carbons (Fsp3) is 0.353. The van der Waals surface area contributed by atoms with E-state index in [0.29, 0.717) is 0 Å². The van der Waals surface area contributed by atoms with Gasteiger partial charge in [0.1, 0.15) is 0 Å². The molecule has 2 rings (SSSR count). The van der Waals surface area contributed by atoms with Crippen LogP contribution in [0.4, 0.5) is 0 Å². The quantitative estimate of drug-likeness (QED) is 0.791. The first-order chi connectivity index (χ1) is 10.9. The number of nitrogens with zero attached hydrogens (tertiary/aromatic N) is 2. The summed E-state index contributed by atoms with van der Waals surface area (Å²) in [6.45, 7) is 1.16. The van der Waals surface area contributed by atoms with Gasteiger partial charge in [-0.3, -0.25) is 14.4 Å². The zero-order chi connectivity index (χ0) is 17.0. The van der Waals surface area contributed by atoms with Crippen LogP contribution in [0.15, 0.2) is 30.5 Å². The first-order valence-corrected chi connectivity index (χ1v) is 7.32. The van der Waals surface area contributed by atoms with Gasteiger partial charge in [0.25, 0.3) is 5.91 Å². The van der Waals surface area contributed by atoms with E-state index in [2.05, 4.69) is 0 Å². The van der Waals surface area contributed by atoms with Crippen LogP contribution in [0, 0.1) is 0 Å². The Balaban J connectivity index is 2.12. The van der Waals surface area contributed by atoms with E-state index in [4.69, 9.17) is 4.74 Å². The SMILES string of the molecule is CC(=O)N1C=Cc2ccccc2[C@@H]1CC(=O)OCC(=O)N(C)C. The molecule has 0 radical (unpaired) electrons. The third-order valence-corrected chi connectivity index (χ3v) is 3.68. The second-order valence-electron chi connectivity index (χ2n) is 5.54. The molecule has 1 aliphatic heterocycles. The number of hydrogen-bond acceptors (Lipinski definition) is 4. The molecule has 0 unspecified atom stereocenters. The highest BCUT2D eigenvalue weighted by atomic mass is 16.5. The number of rotatable bonds is 4. The lowest BCUT2D eigenvalue weighted by atomic mass is 9.94. The van der Waals surface area contributed by atoms with Gasteiger partial charge in [-0.1, -0.05) is 24.3 Å². The summed E-state index contributed by atoms with van der Waals surface area (Å²) in [5, 5.41) is 0. The number of carbonyl (C=O) groups excluding carboxylic acids is 3. The van der Waals surface area contributed by atoms with Gasteiger partial charge in [-0.2, -0.15) is 0 Å². The summed E-state index contributed by atoms with van der Waals surface area (Å²) in [5.74, 6) is -0.954. The van der Waals surface area contributed by atoms with Gasteiger partial charge >= 0.3 is 5.97 Å². The maximum atomic E-state index is 12.1. The summed E-state index contributed by atoms with van der Waals surface area (Å²) in [4.78, 5) is 38.2. The Morgan fingerprint density at radius 1 is 1.22 bits per heavy atom. The molecule has 6 nitrogen and oxygen atoms in total. The average Bonchev–Trinajstić information content (AvgIpc) is 2.52. The van der Waals surface area contributed by atoms with E-state index in [1.165, 1.54) is 16.7 Å². The number of esters is 1. The number of hydrogen-bond donors (Lipinski definition) is 0. The molecule has 0 fully saturated rings. The van der Waals surface area contributed by atoms with Crippen LogP contribution in [-0.4, -0.2) is 48.3 Å². The van der Waals surface area contributed by atoms with Gasteiger partial charge in [-0.25, -0.2) is 0 Å². The monoisotopic (exact) mass is 316 g/mol. The minimum absolute atomic E-state index is 0.00163. The van der Waals surface area contributed by atoms with Crippen LogP contribution in [0.5, 0.6) is 0 Å². The molecule has 1 aromatic carbocycles. The molecule has 0 bridgehead atoms. The smallest absolute Gasteiger partial charge is 0.308 e. The largest absolute Gasteiger partial charge is 0.455 e. The molecule has 0 spiro atoms. The van der Waals surface area contributed by atoms with Crippen molar-refractivity contribution in [1.29, 1.82) is 0 Å². The number of amides is 2. The standard InChI is InChI=1S/C17H20N2O4/c1-12(20)19-9-8-13-6-4-5-7-14(13)15(19)10-17(22)23-11-16(21)18(2)3/h4-9,15H,10-11H2,1-3H3/t15-/m0/s1. The van der Waals surface area contributed by atoms with Gasteiger partial charge in [-0.15, -0.1) is 0 Å². The molecule has 1 heterocycles. The van der Waals surface area contributed by atoms with Gasteiger partial charge in [0, 0.05) is 27.2 Å². The van der Waals surface area contributed by atoms with E-state index >= 15 is 0 Å². The van der Waals surface area contributed by atoms with Crippen LogP contribution >= 0.6 is 0 Å². The number of benzene rings is 1. The predicted octanol–water partition coefficient (Wildman–Crippen LogP) is 1.58. The van der Waals surface area contributed by atoms with Crippen molar-refractivity contribution in [2.45, 2.75) is 19.4 Å². The van der Waals surface area contributed by atoms with Crippen LogP contribution in [-0.2, 0) is 19.1 Å². The van der Waals surface area contributed by atoms with E-state index in [0.717, 1.165) is 11.1 Å². The second-order valence-corrected chi connectivity index (χ2v) is 5.54. The Labute approximate surface area is 135 Å². The van der Waals surface area contributed by atoms with Crippen molar-refractivity contribution in [3.8, 4) is 0 Å². The van der Waals surface area contributed by atoms with E-state index in [1.54, 1.807) is 20.3 Å². The van der Waals surface area contributed by atoms with Gasteiger partial charge in [0.15, 0.2) is 6.61 Å². The molecule has 23 heavy (non-hydrogen) atoms. The molecule has 2 amide bonds. The molecule has 6 heteroatoms. The van der Waals surface area contributed by atoms with Crippen LogP contribution in [0.1, 0.15) is 30.5 Å². The molecular formula is C17H20N2O4. The molecule has 0 saturated carbocycles. The molecule has 1 aliphatic rings. The lowest BCUT2D eigenvalue weighted by molar-refractivity contribution is -0.152. The van der Waals surface area contributed by atoms with Crippen LogP contribution in [0.25, 0.3) is 6.08 Å². The Bertz CT molecular complexity index is 652. The lowest BCUT2D eigenvalue weighted by Crippen LogP contribution is -2.33. The minimum Gasteiger partial charge on any atom is -0.455 e. The second kappa shape index (κ2) is 7.09. The highest BCUT2D eigenvalue weighted by molar-refractivity contribution is 5.82. The third kappa shape index (κ3) is 3.97. The Morgan fingerprint density at radius 2 is 1.91 bits per heavy atom. The van der Waals surface area contributed by atoms with Crippen LogP contribution in [0.3, 0.4) is 0 Å². The van der Waals surface area contributed by atoms with Crippen molar-refractivity contribution in [3.05, 3.63) is 41.6 Å². The molecule has 0 N–H and O–H groups in total. The van der Waals surface area contributed by atoms with E-state index in [9.17, 15) is 14.4 Å². The third-order valence-electron chi connectivity index (χ3n) is 3.68. The molecule has 0 saturated heterocycles. The molecule has 122 valence electrons. The summed E-state index contributed by atoms with van der Waals surface area (Å²) in [5.41, 5.74) is 1.85. The fourth-order valence-corrected chi connectivity index (χ4v) is 2.40. The van der Waals surface area contributed by atoms with Gasteiger partial charge < -0.3 is 14.5 Å². The van der Waals surface area contributed by atoms with E-state index < -0.39 is 12.0 Å². The zero-order valence-corrected chi connectivity index (χ0v) is 13.5. The van der Waals surface area contributed by atoms with Gasteiger partial charge in [0.05, 0.1) is 12.5 Å². The van der Waals surface area contributed by atoms with Crippen molar-refractivity contribution in [3.63, 3.8) is 0 Å². The topological polar surface area (TPSA) is 66.9 Å². The van der Waals surface area contributed by atoms with Crippen LogP contribution < -0.4 is 0 Å². The van der Waals surface area contributed by atoms with Crippen LogP contribution in [0.2, 0.25) is 0 Å². The Hall–Kier alpha value is -2.63. The Morgan fingerprint density at radius 3 is 2.57 bits per heavy atom. The maximum Gasteiger partial charge on any atom is 0.308 e. The van der Waals surface area contributed by atoms with Crippen molar-refractivity contribution in [2.75, 3.05) is 20.7 Å². The van der Waals surface area contributed by atoms with Crippen molar-refractivity contribution >= 4 is 23.9 Å². The highest BCUT2D eigenvalue weighted by Gasteiger charge is 2.28. The highest BCUT2D eigenvalue weighted by Crippen LogP contribution is 2.32. The minimum atomic E-state index is -0.512. The van der Waals surface area contributed by atoms with E-state index in [-0.39, 0.29) is 24.8 Å². The normalized spacial score (nSPS) is 15.8. The zero-order valence-electron chi connectivity index (χ0n) is 13.5. The van der Waals surface area contributed by atoms with Crippen molar-refractivity contribution < 1.29 is 19.1 Å². The van der Waals surface area contributed by atoms with E-state index in [1.807, 2.05) is 30.3 Å². The number of likely N-dealkylation sites (N-methyl/N-ethyl adjacent to an activating group) is 1. The van der Waals surface area contributed by atoms with Crippen molar-refractivity contribution in [1.82, 2.24) is 9.80 Å². The number of carbonyl (C=O) groups is 3. The summed E-state index contributed by atoms with van der Waals surface area (Å²) in [6, 6.07) is 7.16. The summed E-state index contributed by atoms with van der Waals surface area (Å²) in [6.07, 6.45) is 3.52. The van der Waals surface area contributed by atoms with Gasteiger partial charge in [-0.05, 0) is 17.2 Å². The number of fused-ring (bicyclic) bond motifs is 1. The van der Waals surface area contributed by atoms with Crippen molar-refractivity contribution in [2.24, 2.45) is 0 Å². The summed E-state index contributed by atoms with van der Waals surface area (Å²) in [7, 11) is 3.19. The summed E-state index contributed by atoms with van der Waals surface area (Å²) >= 11 is 0. The van der Waals surface area contributed by atoms with Gasteiger partial charge in [0.2, 0.25) is 5.91 Å². The average molecular weight is 316 g/mol. The molecule has 0 aliphatic carbocycles. The summed E-state index contributed by atoms with van der Waals surface area (Å²) < 4.78 is 5.02. The lowest BCUT2D eigenvalue weighted by Gasteiger charge is -2.32.